The Kier molecular flexibility index (Phi) is 3.36. The number of nitrogens with two attached hydrogens (primary N) is 1. The molecule has 0 bridgehead atoms. The molecule has 0 amide bonds. The Morgan fingerprint density at radius 2 is 2.12 bits per heavy atom. The maximum Gasteiger partial charge on any atom is 0.254 e. The molecule has 0 saturated carbocycles. The summed E-state index contributed by atoms with van der Waals surface area (Å²) in [6.45, 7) is 5.47. The predicted molar refractivity (Wildman–Crippen MR) is 63.1 cm³/mol. The molecular weight excluding hydrogens is 222 g/mol. The third-order valence-electron chi connectivity index (χ3n) is 2.13. The molecule has 6 heteroatoms. The van der Waals surface area contributed by atoms with Crippen molar-refractivity contribution in [3.8, 4) is 5.88 Å². The fourth-order valence-electron chi connectivity index (χ4n) is 1.55. The maximum absolute atomic E-state index is 11.2. The normalized spacial score (nSPS) is 13.1. The average Bonchev–Trinajstić information content (AvgIpc) is 2.13. The minimum atomic E-state index is -0.507. The lowest BCUT2D eigenvalue weighted by molar-refractivity contribution is -0.104. The Bertz CT molecular complexity index is 523. The van der Waals surface area contributed by atoms with Crippen LogP contribution in [0.2, 0.25) is 0 Å². The Morgan fingerprint density at radius 1 is 1.53 bits per heavy atom. The number of H-pyrrole nitrogens is 1. The van der Waals surface area contributed by atoms with Gasteiger partial charge in [-0.25, -0.2) is 0 Å². The lowest BCUT2D eigenvalue weighted by atomic mass is 9.84. The fourth-order valence-corrected chi connectivity index (χ4v) is 1.55. The van der Waals surface area contributed by atoms with Gasteiger partial charge in [0, 0.05) is 5.57 Å². The van der Waals surface area contributed by atoms with Crippen LogP contribution in [-0.2, 0) is 4.79 Å². The molecule has 0 aliphatic rings. The van der Waals surface area contributed by atoms with E-state index in [1.54, 1.807) is 0 Å². The highest BCUT2D eigenvalue weighted by molar-refractivity contribution is 5.87. The molecule has 92 valence electrons. The molecule has 1 rings (SSSR count). The van der Waals surface area contributed by atoms with Crippen LogP contribution in [0.3, 0.4) is 0 Å². The minimum Gasteiger partial charge on any atom is -0.493 e. The molecule has 6 nitrogen and oxygen atoms in total. The number of nitrogens with one attached hydrogen (secondary N) is 1. The molecule has 0 radical (unpaired) electrons. The molecule has 0 unspecified atom stereocenters. The van der Waals surface area contributed by atoms with Crippen molar-refractivity contribution in [3.63, 3.8) is 0 Å². The zero-order chi connectivity index (χ0) is 13.2. The molecule has 0 spiro atoms. The largest absolute Gasteiger partial charge is 0.493 e. The van der Waals surface area contributed by atoms with Crippen LogP contribution in [0.5, 0.6) is 5.88 Å². The molecule has 0 atom stereocenters. The van der Waals surface area contributed by atoms with E-state index in [4.69, 9.17) is 5.73 Å². The molecule has 1 heterocycles. The summed E-state index contributed by atoms with van der Waals surface area (Å²) in [5, 5.41) is 9.28. The highest BCUT2D eigenvalue weighted by Gasteiger charge is 2.24. The van der Waals surface area contributed by atoms with Crippen LogP contribution in [0.25, 0.3) is 5.57 Å². The van der Waals surface area contributed by atoms with Crippen molar-refractivity contribution in [2.75, 3.05) is 0 Å². The first-order chi connectivity index (χ1) is 7.75. The van der Waals surface area contributed by atoms with E-state index in [1.165, 1.54) is 0 Å². The summed E-state index contributed by atoms with van der Waals surface area (Å²) < 4.78 is 0. The van der Waals surface area contributed by atoms with Gasteiger partial charge in [-0.15, -0.1) is 0 Å². The highest BCUT2D eigenvalue weighted by Crippen LogP contribution is 2.33. The van der Waals surface area contributed by atoms with Crippen molar-refractivity contribution < 1.29 is 9.90 Å². The van der Waals surface area contributed by atoms with E-state index in [2.05, 4.69) is 9.97 Å². The number of nitrogens with zero attached hydrogens (tertiary/aromatic N) is 1. The number of aromatic amines is 1. The molecular formula is C11H15N3O3. The average molecular weight is 237 g/mol. The number of hydrogen-bond acceptors (Lipinski definition) is 5. The van der Waals surface area contributed by atoms with Crippen LogP contribution >= 0.6 is 0 Å². The monoisotopic (exact) mass is 237 g/mol. The van der Waals surface area contributed by atoms with E-state index in [0.717, 1.165) is 6.07 Å². The summed E-state index contributed by atoms with van der Waals surface area (Å²) in [5.74, 6) is -0.309. The van der Waals surface area contributed by atoms with Gasteiger partial charge in [0.2, 0.25) is 5.88 Å². The summed E-state index contributed by atoms with van der Waals surface area (Å²) in [4.78, 5) is 28.2. The number of hydrogen-bond donors (Lipinski definition) is 3. The number of aromatic nitrogens is 2. The van der Waals surface area contributed by atoms with E-state index < -0.39 is 16.9 Å². The first-order valence-corrected chi connectivity index (χ1v) is 5.02. The van der Waals surface area contributed by atoms with Gasteiger partial charge in [-0.1, -0.05) is 20.8 Å². The third-order valence-corrected chi connectivity index (χ3v) is 2.13. The molecule has 4 N–H and O–H groups in total. The molecule has 17 heavy (non-hydrogen) atoms. The van der Waals surface area contributed by atoms with Gasteiger partial charge >= 0.3 is 0 Å². The topological polar surface area (TPSA) is 109 Å². The lowest BCUT2D eigenvalue weighted by Crippen LogP contribution is -2.20. The van der Waals surface area contributed by atoms with E-state index in [9.17, 15) is 14.7 Å². The van der Waals surface area contributed by atoms with Gasteiger partial charge in [0.05, 0.1) is 11.8 Å². The summed E-state index contributed by atoms with van der Waals surface area (Å²) in [7, 11) is 0. The Labute approximate surface area is 98.2 Å². The number of rotatable bonds is 2. The van der Waals surface area contributed by atoms with E-state index in [1.807, 2.05) is 20.8 Å². The number of carbonyl (C=O) groups excluding carboxylic acids is 1. The van der Waals surface area contributed by atoms with Gasteiger partial charge in [0.25, 0.3) is 5.56 Å². The number of carbonyl (C=O) groups is 1. The van der Waals surface area contributed by atoms with Crippen molar-refractivity contribution in [2.45, 2.75) is 20.8 Å². The summed E-state index contributed by atoms with van der Waals surface area (Å²) >= 11 is 0. The fraction of sp³-hybridized carbons (Fsp3) is 0.364. The van der Waals surface area contributed by atoms with Crippen molar-refractivity contribution in [3.05, 3.63) is 27.9 Å². The number of allylic oxidation sites excluding steroid dienone is 2. The standard InChI is InChI=1S/C11H15N3O3/c1-11(2,3)9(6(12)5-15)10-13-7(16)4-8(17)14-10/h4-5H,12H2,1-3H3,(H2,13,14,16,17)/b9-6+. The molecule has 1 aromatic rings. The van der Waals surface area contributed by atoms with Gasteiger partial charge in [-0.05, 0) is 5.41 Å². The van der Waals surface area contributed by atoms with E-state index >= 15 is 0 Å². The van der Waals surface area contributed by atoms with Gasteiger partial charge in [-0.3, -0.25) is 9.59 Å². The van der Waals surface area contributed by atoms with Gasteiger partial charge < -0.3 is 15.8 Å². The van der Waals surface area contributed by atoms with Gasteiger partial charge in [-0.2, -0.15) is 4.98 Å². The highest BCUT2D eigenvalue weighted by atomic mass is 16.3. The quantitative estimate of drug-likeness (QED) is 0.509. The SMILES string of the molecule is CC(C)(C)/C(=C(/N)C=O)c1nc(O)cc(=O)[nH]1. The first kappa shape index (κ1) is 13.0. The summed E-state index contributed by atoms with van der Waals surface area (Å²) in [6, 6.07) is 0.945. The van der Waals surface area contributed by atoms with E-state index in [-0.39, 0.29) is 11.5 Å². The van der Waals surface area contributed by atoms with Crippen LogP contribution in [0, 0.1) is 5.41 Å². The summed E-state index contributed by atoms with van der Waals surface area (Å²) in [5.41, 5.74) is 4.97. The molecule has 0 aliphatic heterocycles. The lowest BCUT2D eigenvalue weighted by Gasteiger charge is -2.22. The Balaban J connectivity index is 3.55. The van der Waals surface area contributed by atoms with Crippen molar-refractivity contribution in [2.24, 2.45) is 11.1 Å². The van der Waals surface area contributed by atoms with Gasteiger partial charge in [0.15, 0.2) is 6.29 Å². The van der Waals surface area contributed by atoms with Crippen molar-refractivity contribution in [1.82, 2.24) is 9.97 Å². The molecule has 1 aromatic heterocycles. The molecule has 0 aromatic carbocycles. The van der Waals surface area contributed by atoms with Crippen LogP contribution in [0.1, 0.15) is 26.6 Å². The second-order valence-corrected chi connectivity index (χ2v) is 4.65. The van der Waals surface area contributed by atoms with E-state index in [0.29, 0.717) is 11.9 Å². The number of aromatic hydroxyl groups is 1. The summed E-state index contributed by atoms with van der Waals surface area (Å²) in [6.07, 6.45) is 0.491. The number of aldehydes is 1. The van der Waals surface area contributed by atoms with Crippen LogP contribution in [-0.4, -0.2) is 21.4 Å². The second kappa shape index (κ2) is 4.40. The zero-order valence-electron chi connectivity index (χ0n) is 9.94. The minimum absolute atomic E-state index is 0.0220. The van der Waals surface area contributed by atoms with Crippen LogP contribution in [0.15, 0.2) is 16.6 Å². The first-order valence-electron chi connectivity index (χ1n) is 5.02. The van der Waals surface area contributed by atoms with Gasteiger partial charge in [0.1, 0.15) is 5.82 Å². The smallest absolute Gasteiger partial charge is 0.254 e. The van der Waals surface area contributed by atoms with Crippen LogP contribution in [0.4, 0.5) is 0 Å². The molecule has 0 saturated heterocycles. The maximum atomic E-state index is 11.2. The van der Waals surface area contributed by atoms with Crippen molar-refractivity contribution >= 4 is 11.9 Å². The predicted octanol–water partition coefficient (Wildman–Crippen LogP) is 0.390. The van der Waals surface area contributed by atoms with Crippen LogP contribution < -0.4 is 11.3 Å². The molecule has 0 fully saturated rings. The second-order valence-electron chi connectivity index (χ2n) is 4.65. The Hall–Kier alpha value is -2.11. The van der Waals surface area contributed by atoms with Crippen molar-refractivity contribution in [1.29, 1.82) is 0 Å². The third kappa shape index (κ3) is 2.93. The Morgan fingerprint density at radius 3 is 2.53 bits per heavy atom. The zero-order valence-corrected chi connectivity index (χ0v) is 9.94. The molecule has 0 aliphatic carbocycles.